The molecule has 1 aromatic carbocycles. The zero-order valence-electron chi connectivity index (χ0n) is 9.71. The van der Waals surface area contributed by atoms with Crippen LogP contribution in [0.2, 0.25) is 0 Å². The van der Waals surface area contributed by atoms with Crippen LogP contribution in [0.15, 0.2) is 35.2 Å². The highest BCUT2D eigenvalue weighted by atomic mass is 32.2. The third-order valence-electron chi connectivity index (χ3n) is 2.85. The van der Waals surface area contributed by atoms with Gasteiger partial charge in [-0.2, -0.15) is 0 Å². The van der Waals surface area contributed by atoms with Crippen LogP contribution in [0.1, 0.15) is 12.8 Å². The van der Waals surface area contributed by atoms with E-state index in [1.165, 1.54) is 0 Å². The number of likely N-dealkylation sites (tertiary alicyclic amines) is 1. The number of nitrogens with zero attached hydrogens (tertiary/aromatic N) is 1. The molecule has 1 aromatic rings. The Labute approximate surface area is 106 Å². The van der Waals surface area contributed by atoms with Crippen LogP contribution in [0.25, 0.3) is 0 Å². The Morgan fingerprint density at radius 3 is 2.88 bits per heavy atom. The molecule has 1 aliphatic heterocycles. The van der Waals surface area contributed by atoms with Gasteiger partial charge in [0.15, 0.2) is 0 Å². The lowest BCUT2D eigenvalue weighted by atomic mass is 10.1. The number of amides is 1. The lowest BCUT2D eigenvalue weighted by Gasteiger charge is -2.30. The molecule has 0 bridgehead atoms. The van der Waals surface area contributed by atoms with Gasteiger partial charge < -0.3 is 10.0 Å². The summed E-state index contributed by atoms with van der Waals surface area (Å²) < 4.78 is 0. The van der Waals surface area contributed by atoms with Crippen LogP contribution >= 0.6 is 11.8 Å². The molecule has 3 nitrogen and oxygen atoms in total. The van der Waals surface area contributed by atoms with E-state index in [4.69, 9.17) is 0 Å². The number of benzene rings is 1. The van der Waals surface area contributed by atoms with Gasteiger partial charge in [-0.25, -0.2) is 0 Å². The van der Waals surface area contributed by atoms with Crippen LogP contribution in [0.4, 0.5) is 0 Å². The van der Waals surface area contributed by atoms with Crippen molar-refractivity contribution in [2.24, 2.45) is 0 Å². The number of thioether (sulfide) groups is 1. The average molecular weight is 251 g/mol. The standard InChI is InChI=1S/C13H17NO2S/c15-11-5-4-8-14(9-11)13(16)10-17-12-6-2-1-3-7-12/h1-3,6-7,11,15H,4-5,8-10H2. The zero-order valence-corrected chi connectivity index (χ0v) is 10.5. The molecule has 17 heavy (non-hydrogen) atoms. The fraction of sp³-hybridized carbons (Fsp3) is 0.462. The normalized spacial score (nSPS) is 20.3. The number of carbonyl (C=O) groups excluding carboxylic acids is 1. The smallest absolute Gasteiger partial charge is 0.233 e. The molecule has 0 saturated carbocycles. The number of hydrogen-bond acceptors (Lipinski definition) is 3. The average Bonchev–Trinajstić information content (AvgIpc) is 2.37. The Balaban J connectivity index is 1.81. The number of piperidine rings is 1. The van der Waals surface area contributed by atoms with Crippen LogP contribution in [-0.2, 0) is 4.79 Å². The molecular weight excluding hydrogens is 234 g/mol. The molecule has 0 aliphatic carbocycles. The van der Waals surface area contributed by atoms with Gasteiger partial charge in [-0.1, -0.05) is 18.2 Å². The summed E-state index contributed by atoms with van der Waals surface area (Å²) in [6, 6.07) is 9.91. The van der Waals surface area contributed by atoms with E-state index in [1.54, 1.807) is 16.7 Å². The lowest BCUT2D eigenvalue weighted by molar-refractivity contribution is -0.131. The van der Waals surface area contributed by atoms with Crippen LogP contribution in [0, 0.1) is 0 Å². The van der Waals surface area contributed by atoms with E-state index in [0.29, 0.717) is 12.3 Å². The lowest BCUT2D eigenvalue weighted by Crippen LogP contribution is -2.42. The summed E-state index contributed by atoms with van der Waals surface area (Å²) >= 11 is 1.55. The minimum atomic E-state index is -0.338. The molecule has 4 heteroatoms. The van der Waals surface area contributed by atoms with Crippen LogP contribution in [-0.4, -0.2) is 40.9 Å². The number of aliphatic hydroxyl groups excluding tert-OH is 1. The zero-order chi connectivity index (χ0) is 12.1. The second kappa shape index (κ2) is 6.07. The molecule has 0 radical (unpaired) electrons. The SMILES string of the molecule is O=C(CSc1ccccc1)N1CCCC(O)C1. The highest BCUT2D eigenvalue weighted by Gasteiger charge is 2.21. The molecule has 1 amide bonds. The maximum atomic E-state index is 11.9. The topological polar surface area (TPSA) is 40.5 Å². The minimum Gasteiger partial charge on any atom is -0.391 e. The Kier molecular flexibility index (Phi) is 4.45. The van der Waals surface area contributed by atoms with E-state index in [9.17, 15) is 9.90 Å². The summed E-state index contributed by atoms with van der Waals surface area (Å²) in [5.41, 5.74) is 0. The number of rotatable bonds is 3. The van der Waals surface area contributed by atoms with Gasteiger partial charge in [0.05, 0.1) is 11.9 Å². The first-order valence-corrected chi connectivity index (χ1v) is 6.88. The van der Waals surface area contributed by atoms with Gasteiger partial charge in [-0.05, 0) is 25.0 Å². The first-order chi connectivity index (χ1) is 8.25. The van der Waals surface area contributed by atoms with Gasteiger partial charge in [0, 0.05) is 18.0 Å². The van der Waals surface area contributed by atoms with Crippen molar-refractivity contribution in [3.05, 3.63) is 30.3 Å². The Morgan fingerprint density at radius 2 is 2.18 bits per heavy atom. The molecule has 1 heterocycles. The molecule has 1 saturated heterocycles. The van der Waals surface area contributed by atoms with Gasteiger partial charge in [-0.3, -0.25) is 4.79 Å². The largest absolute Gasteiger partial charge is 0.391 e. The predicted molar refractivity (Wildman–Crippen MR) is 69.0 cm³/mol. The molecule has 92 valence electrons. The van der Waals surface area contributed by atoms with Crippen LogP contribution in [0.5, 0.6) is 0 Å². The summed E-state index contributed by atoms with van der Waals surface area (Å²) in [4.78, 5) is 14.8. The predicted octanol–water partition coefficient (Wildman–Crippen LogP) is 1.76. The van der Waals surface area contributed by atoms with Crippen LogP contribution in [0.3, 0.4) is 0 Å². The van der Waals surface area contributed by atoms with Gasteiger partial charge in [0.2, 0.25) is 5.91 Å². The molecule has 0 aromatic heterocycles. The van der Waals surface area contributed by atoms with Crippen molar-refractivity contribution in [1.29, 1.82) is 0 Å². The van der Waals surface area contributed by atoms with Crippen molar-refractivity contribution in [3.8, 4) is 0 Å². The monoisotopic (exact) mass is 251 g/mol. The maximum absolute atomic E-state index is 11.9. The summed E-state index contributed by atoms with van der Waals surface area (Å²) in [5, 5.41) is 9.51. The van der Waals surface area contributed by atoms with E-state index < -0.39 is 0 Å². The third-order valence-corrected chi connectivity index (χ3v) is 3.85. The van der Waals surface area contributed by atoms with Gasteiger partial charge in [0.25, 0.3) is 0 Å². The van der Waals surface area contributed by atoms with Crippen molar-refractivity contribution >= 4 is 17.7 Å². The minimum absolute atomic E-state index is 0.123. The summed E-state index contributed by atoms with van der Waals surface area (Å²) in [7, 11) is 0. The highest BCUT2D eigenvalue weighted by molar-refractivity contribution is 8.00. The van der Waals surface area contributed by atoms with Crippen molar-refractivity contribution in [2.45, 2.75) is 23.8 Å². The van der Waals surface area contributed by atoms with E-state index >= 15 is 0 Å². The van der Waals surface area contributed by atoms with Crippen molar-refractivity contribution < 1.29 is 9.90 Å². The molecule has 1 N–H and O–H groups in total. The molecule has 2 rings (SSSR count). The molecule has 1 unspecified atom stereocenters. The van der Waals surface area contributed by atoms with E-state index in [2.05, 4.69) is 0 Å². The second-order valence-corrected chi connectivity index (χ2v) is 5.29. The van der Waals surface area contributed by atoms with Crippen LogP contribution < -0.4 is 0 Å². The quantitative estimate of drug-likeness (QED) is 0.832. The van der Waals surface area contributed by atoms with E-state index in [1.807, 2.05) is 30.3 Å². The van der Waals surface area contributed by atoms with Gasteiger partial charge in [-0.15, -0.1) is 11.8 Å². The number of hydrogen-bond donors (Lipinski definition) is 1. The number of carbonyl (C=O) groups is 1. The van der Waals surface area contributed by atoms with Crippen molar-refractivity contribution in [3.63, 3.8) is 0 Å². The van der Waals surface area contributed by atoms with E-state index in [-0.39, 0.29) is 12.0 Å². The summed E-state index contributed by atoms with van der Waals surface area (Å²) in [6.45, 7) is 1.28. The Hall–Kier alpha value is -1.00. The highest BCUT2D eigenvalue weighted by Crippen LogP contribution is 2.18. The maximum Gasteiger partial charge on any atom is 0.233 e. The number of aliphatic hydroxyl groups is 1. The fourth-order valence-corrected chi connectivity index (χ4v) is 2.76. The van der Waals surface area contributed by atoms with Crippen molar-refractivity contribution in [1.82, 2.24) is 4.90 Å². The molecule has 1 fully saturated rings. The fourth-order valence-electron chi connectivity index (χ4n) is 1.93. The Bertz CT molecular complexity index is 369. The molecule has 0 spiro atoms. The third kappa shape index (κ3) is 3.75. The second-order valence-electron chi connectivity index (χ2n) is 4.24. The number of β-amino-alcohol motifs (C(OH)–C–C–N with tert-alkyl or cyclic N) is 1. The Morgan fingerprint density at radius 1 is 1.41 bits per heavy atom. The first kappa shape index (κ1) is 12.5. The molecular formula is C13H17NO2S. The summed E-state index contributed by atoms with van der Waals surface area (Å²) in [5.74, 6) is 0.578. The first-order valence-electron chi connectivity index (χ1n) is 5.89. The summed E-state index contributed by atoms with van der Waals surface area (Å²) in [6.07, 6.45) is 1.38. The van der Waals surface area contributed by atoms with Gasteiger partial charge >= 0.3 is 0 Å². The molecule has 1 aliphatic rings. The van der Waals surface area contributed by atoms with E-state index in [0.717, 1.165) is 24.3 Å². The molecule has 1 atom stereocenters. The van der Waals surface area contributed by atoms with Gasteiger partial charge in [0.1, 0.15) is 0 Å². The van der Waals surface area contributed by atoms with Crippen molar-refractivity contribution in [2.75, 3.05) is 18.8 Å².